The second-order valence-corrected chi connectivity index (χ2v) is 10.2. The number of ether oxygens (including phenoxy) is 2. The second kappa shape index (κ2) is 11.3. The maximum absolute atomic E-state index is 13.5. The molecule has 38 heavy (non-hydrogen) atoms. The van der Waals surface area contributed by atoms with Crippen molar-refractivity contribution in [1.82, 2.24) is 23.8 Å². The van der Waals surface area contributed by atoms with Crippen LogP contribution in [-0.2, 0) is 20.8 Å². The predicted molar refractivity (Wildman–Crippen MR) is 139 cm³/mol. The van der Waals surface area contributed by atoms with Crippen LogP contribution < -0.4 is 4.90 Å². The molecule has 0 saturated carbocycles. The quantitative estimate of drug-likeness (QED) is 0.445. The van der Waals surface area contributed by atoms with E-state index in [0.717, 1.165) is 25.0 Å². The van der Waals surface area contributed by atoms with E-state index in [1.165, 1.54) is 42.7 Å². The average Bonchev–Trinajstić information content (AvgIpc) is 3.51. The van der Waals surface area contributed by atoms with Gasteiger partial charge in [-0.05, 0) is 68.9 Å². The molecule has 1 unspecified atom stereocenters. The van der Waals surface area contributed by atoms with Gasteiger partial charge in [-0.2, -0.15) is 4.37 Å². The van der Waals surface area contributed by atoms with E-state index in [4.69, 9.17) is 14.5 Å². The van der Waals surface area contributed by atoms with Gasteiger partial charge in [0.25, 0.3) is 5.91 Å². The van der Waals surface area contributed by atoms with Crippen molar-refractivity contribution in [2.75, 3.05) is 31.2 Å². The van der Waals surface area contributed by atoms with Gasteiger partial charge >= 0.3 is 0 Å². The smallest absolute Gasteiger partial charge is 0.254 e. The van der Waals surface area contributed by atoms with E-state index < -0.39 is 11.9 Å². The lowest BCUT2D eigenvalue weighted by atomic mass is 10.1. The van der Waals surface area contributed by atoms with Gasteiger partial charge in [0.15, 0.2) is 22.9 Å². The molecule has 202 valence electrons. The van der Waals surface area contributed by atoms with Crippen LogP contribution in [0.25, 0.3) is 10.8 Å². The third-order valence-electron chi connectivity index (χ3n) is 6.88. The lowest BCUT2D eigenvalue weighted by Crippen LogP contribution is -2.42. The number of nitrogens with zero attached hydrogens (tertiary/aromatic N) is 6. The van der Waals surface area contributed by atoms with Gasteiger partial charge in [0.2, 0.25) is 5.91 Å². The van der Waals surface area contributed by atoms with Crippen LogP contribution in [0.1, 0.15) is 61.0 Å². The van der Waals surface area contributed by atoms with Crippen LogP contribution in [0.2, 0.25) is 0 Å². The molecule has 3 aromatic rings. The first-order chi connectivity index (χ1) is 18.3. The summed E-state index contributed by atoms with van der Waals surface area (Å²) < 4.78 is 31.4. The first kappa shape index (κ1) is 26.4. The summed E-state index contributed by atoms with van der Waals surface area (Å²) in [6, 6.07) is 5.12. The van der Waals surface area contributed by atoms with Crippen LogP contribution in [0, 0.1) is 12.7 Å². The number of aromatic nitrogens is 4. The Morgan fingerprint density at radius 1 is 1.21 bits per heavy atom. The Morgan fingerprint density at radius 2 is 2.00 bits per heavy atom. The molecule has 1 fully saturated rings. The van der Waals surface area contributed by atoms with E-state index in [2.05, 4.69) is 9.36 Å². The van der Waals surface area contributed by atoms with Crippen molar-refractivity contribution in [3.63, 3.8) is 0 Å². The average molecular weight is 543 g/mol. The molecular weight excluding hydrogens is 511 g/mol. The van der Waals surface area contributed by atoms with Crippen molar-refractivity contribution in [3.8, 4) is 10.8 Å². The number of hydrogen-bond donors (Lipinski definition) is 0. The molecule has 1 aromatic carbocycles. The summed E-state index contributed by atoms with van der Waals surface area (Å²) >= 11 is 1.25. The third-order valence-corrected chi connectivity index (χ3v) is 7.68. The van der Waals surface area contributed by atoms with Crippen molar-refractivity contribution in [3.05, 3.63) is 47.2 Å². The zero-order valence-corrected chi connectivity index (χ0v) is 22.5. The number of imidazole rings is 1. The lowest BCUT2D eigenvalue weighted by Gasteiger charge is -2.36. The molecule has 2 aliphatic rings. The maximum Gasteiger partial charge on any atom is 0.254 e. The number of carbonyl (C=O) groups excluding carboxylic acids is 2. The van der Waals surface area contributed by atoms with Gasteiger partial charge in [-0.1, -0.05) is 0 Å². The van der Waals surface area contributed by atoms with Crippen LogP contribution in [0.4, 0.5) is 10.2 Å². The fourth-order valence-corrected chi connectivity index (χ4v) is 5.63. The number of hydrogen-bond acceptors (Lipinski definition) is 8. The zero-order valence-electron chi connectivity index (χ0n) is 21.7. The second-order valence-electron chi connectivity index (χ2n) is 9.46. The zero-order chi connectivity index (χ0) is 26.8. The molecule has 12 heteroatoms. The highest BCUT2D eigenvalue weighted by Gasteiger charge is 2.36. The van der Waals surface area contributed by atoms with Crippen molar-refractivity contribution in [2.45, 2.75) is 58.9 Å². The van der Waals surface area contributed by atoms with Gasteiger partial charge in [-0.25, -0.2) is 14.4 Å². The molecule has 5 rings (SSSR count). The predicted octanol–water partition coefficient (Wildman–Crippen LogP) is 3.96. The SMILES string of the molecule is CC(=O)N(CCOC1CCCCO1)c1nc(-c2nc(C)ns2)n2c1[C@@H](C)N(C(=O)c1ccc(F)cc1)CC2. The molecule has 0 bridgehead atoms. The van der Waals surface area contributed by atoms with Crippen molar-refractivity contribution in [2.24, 2.45) is 0 Å². The number of carbonyl (C=O) groups is 2. The van der Waals surface area contributed by atoms with Gasteiger partial charge in [0.05, 0.1) is 24.9 Å². The Kier molecular flexibility index (Phi) is 7.82. The van der Waals surface area contributed by atoms with Crippen LogP contribution in [0.3, 0.4) is 0 Å². The van der Waals surface area contributed by atoms with Gasteiger partial charge in [0, 0.05) is 32.2 Å². The van der Waals surface area contributed by atoms with Crippen molar-refractivity contribution in [1.29, 1.82) is 0 Å². The molecule has 2 aliphatic heterocycles. The van der Waals surface area contributed by atoms with Crippen LogP contribution in [-0.4, -0.2) is 68.2 Å². The summed E-state index contributed by atoms with van der Waals surface area (Å²) in [5.74, 6) is 0.931. The number of fused-ring (bicyclic) bond motifs is 1. The molecule has 2 atom stereocenters. The maximum atomic E-state index is 13.5. The first-order valence-corrected chi connectivity index (χ1v) is 13.6. The Hall–Kier alpha value is -3.22. The standard InChI is InChI=1S/C26H31FN6O4S/c1-16-22-23(32(18(3)34)13-15-37-21-6-4-5-14-36-21)29-24(25-28-17(2)30-38-25)33(22)12-11-31(16)26(35)19-7-9-20(27)10-8-19/h7-10,16,21H,4-6,11-15H2,1-3H3/t16-,21?/m1/s1. The highest BCUT2D eigenvalue weighted by molar-refractivity contribution is 7.09. The van der Waals surface area contributed by atoms with E-state index in [0.29, 0.717) is 47.7 Å². The fourth-order valence-electron chi connectivity index (χ4n) is 4.96. The number of aryl methyl sites for hydroxylation is 1. The van der Waals surface area contributed by atoms with Gasteiger partial charge in [0.1, 0.15) is 11.6 Å². The molecule has 0 spiro atoms. The van der Waals surface area contributed by atoms with Crippen LogP contribution in [0.15, 0.2) is 24.3 Å². The highest BCUT2D eigenvalue weighted by atomic mass is 32.1. The molecule has 1 saturated heterocycles. The summed E-state index contributed by atoms with van der Waals surface area (Å²) in [6.07, 6.45) is 2.64. The summed E-state index contributed by atoms with van der Waals surface area (Å²) in [5, 5.41) is 0.649. The minimum absolute atomic E-state index is 0.187. The van der Waals surface area contributed by atoms with E-state index in [1.807, 2.05) is 18.4 Å². The normalized spacial score (nSPS) is 19.3. The van der Waals surface area contributed by atoms with Crippen LogP contribution >= 0.6 is 11.5 Å². The molecular formula is C26H31FN6O4S. The number of anilines is 1. The largest absolute Gasteiger partial charge is 0.353 e. The van der Waals surface area contributed by atoms with E-state index in [9.17, 15) is 14.0 Å². The molecule has 2 aromatic heterocycles. The molecule has 10 nitrogen and oxygen atoms in total. The van der Waals surface area contributed by atoms with Gasteiger partial charge in [-0.15, -0.1) is 0 Å². The number of halogens is 1. The lowest BCUT2D eigenvalue weighted by molar-refractivity contribution is -0.160. The fraction of sp³-hybridized carbons (Fsp3) is 0.500. The molecule has 0 radical (unpaired) electrons. The number of rotatable bonds is 7. The summed E-state index contributed by atoms with van der Waals surface area (Å²) in [5.41, 5.74) is 1.13. The van der Waals surface area contributed by atoms with Gasteiger partial charge < -0.3 is 18.9 Å². The Labute approximate surface area is 224 Å². The monoisotopic (exact) mass is 542 g/mol. The van der Waals surface area contributed by atoms with E-state index in [1.54, 1.807) is 9.80 Å². The molecule has 0 aliphatic carbocycles. The molecule has 4 heterocycles. The van der Waals surface area contributed by atoms with Crippen molar-refractivity contribution < 1.29 is 23.5 Å². The van der Waals surface area contributed by atoms with Crippen molar-refractivity contribution >= 4 is 29.2 Å². The first-order valence-electron chi connectivity index (χ1n) is 12.8. The Bertz CT molecular complexity index is 1300. The Morgan fingerprint density at radius 3 is 2.66 bits per heavy atom. The van der Waals surface area contributed by atoms with Gasteiger partial charge in [-0.3, -0.25) is 14.5 Å². The number of benzene rings is 1. The summed E-state index contributed by atoms with van der Waals surface area (Å²) in [6.45, 7) is 7.36. The van der Waals surface area contributed by atoms with E-state index in [-0.39, 0.29) is 31.3 Å². The summed E-state index contributed by atoms with van der Waals surface area (Å²) in [7, 11) is 0. The Balaban J connectivity index is 1.48. The minimum Gasteiger partial charge on any atom is -0.353 e. The third kappa shape index (κ3) is 5.33. The van der Waals surface area contributed by atoms with E-state index >= 15 is 0 Å². The molecule has 2 amide bonds. The minimum atomic E-state index is -0.406. The summed E-state index contributed by atoms with van der Waals surface area (Å²) in [4.78, 5) is 39.0. The number of amides is 2. The van der Waals surface area contributed by atoms with Crippen LogP contribution in [0.5, 0.6) is 0 Å². The molecule has 0 N–H and O–H groups in total. The highest BCUT2D eigenvalue weighted by Crippen LogP contribution is 2.38. The topological polar surface area (TPSA) is 103 Å².